The zero-order valence-corrected chi connectivity index (χ0v) is 18.2. The summed E-state index contributed by atoms with van der Waals surface area (Å²) in [5.41, 5.74) is 2.46. The second-order valence-corrected chi connectivity index (χ2v) is 9.34. The Labute approximate surface area is 189 Å². The van der Waals surface area contributed by atoms with E-state index in [-0.39, 0.29) is 23.5 Å². The van der Waals surface area contributed by atoms with Crippen LogP contribution in [-0.2, 0) is 19.9 Å². The minimum Gasteiger partial charge on any atom is -0.324 e. The molecule has 9 heteroatoms. The fraction of sp³-hybridized carbons (Fsp3) is 0.375. The molecule has 0 aromatic heterocycles. The summed E-state index contributed by atoms with van der Waals surface area (Å²) in [4.78, 5) is 55.0. The van der Waals surface area contributed by atoms with E-state index < -0.39 is 28.2 Å². The van der Waals surface area contributed by atoms with E-state index in [0.717, 1.165) is 40.1 Å². The van der Waals surface area contributed by atoms with Crippen LogP contribution >= 0.6 is 0 Å². The van der Waals surface area contributed by atoms with Crippen molar-refractivity contribution in [2.24, 2.45) is 11.8 Å². The summed E-state index contributed by atoms with van der Waals surface area (Å²) in [7, 11) is 0. The van der Waals surface area contributed by atoms with Gasteiger partial charge in [0.1, 0.15) is 5.54 Å². The summed E-state index contributed by atoms with van der Waals surface area (Å²) in [6.07, 6.45) is 1.59. The molecular weight excluding hydrogens is 424 g/mol. The smallest absolute Gasteiger partial charge is 0.269 e. The van der Waals surface area contributed by atoms with Crippen molar-refractivity contribution in [1.82, 2.24) is 4.90 Å². The Morgan fingerprint density at radius 3 is 2.48 bits per heavy atom. The Bertz CT molecular complexity index is 1270. The van der Waals surface area contributed by atoms with Crippen molar-refractivity contribution in [3.05, 3.63) is 63.2 Å². The number of nitrogens with one attached hydrogen (secondary N) is 1. The predicted molar refractivity (Wildman–Crippen MR) is 119 cm³/mol. The predicted octanol–water partition coefficient (Wildman–Crippen LogP) is 2.64. The average molecular weight is 446 g/mol. The van der Waals surface area contributed by atoms with E-state index in [2.05, 4.69) is 10.2 Å². The highest BCUT2D eigenvalue weighted by Gasteiger charge is 2.74. The number of hydrogen-bond acceptors (Lipinski definition) is 6. The standard InChI is InChI=1S/C24H22N4O5/c1-12-5-10-16-20(13(12)2)25-23(31)24(16)19-18(17-4-3-11-26(17)24)21(29)27(22(19)30)14-6-8-15(9-7-14)28(32)33/h5-10,17-19H,3-4,11H2,1-2H3,(H,25,31)/t17-,18-,19-,24+/m1/s1. The van der Waals surface area contributed by atoms with Crippen molar-refractivity contribution < 1.29 is 19.3 Å². The lowest BCUT2D eigenvalue weighted by molar-refractivity contribution is -0.384. The molecule has 4 atom stereocenters. The summed E-state index contributed by atoms with van der Waals surface area (Å²) in [6, 6.07) is 9.09. The van der Waals surface area contributed by atoms with E-state index >= 15 is 0 Å². The number of nitro groups is 1. The topological polar surface area (TPSA) is 113 Å². The van der Waals surface area contributed by atoms with Gasteiger partial charge >= 0.3 is 0 Å². The quantitative estimate of drug-likeness (QED) is 0.431. The van der Waals surface area contributed by atoms with Gasteiger partial charge in [-0.1, -0.05) is 12.1 Å². The number of carbonyl (C=O) groups is 3. The van der Waals surface area contributed by atoms with Gasteiger partial charge in [0.2, 0.25) is 17.7 Å². The zero-order chi connectivity index (χ0) is 23.2. The molecule has 2 aromatic carbocycles. The molecule has 2 aromatic rings. The molecule has 168 valence electrons. The van der Waals surface area contributed by atoms with Crippen molar-refractivity contribution in [2.45, 2.75) is 38.3 Å². The van der Waals surface area contributed by atoms with Gasteiger partial charge in [-0.2, -0.15) is 0 Å². The van der Waals surface area contributed by atoms with Crippen molar-refractivity contribution in [1.29, 1.82) is 0 Å². The monoisotopic (exact) mass is 446 g/mol. The molecule has 4 aliphatic heterocycles. The molecule has 0 radical (unpaired) electrons. The average Bonchev–Trinajstić information content (AvgIpc) is 3.50. The number of rotatable bonds is 2. The molecule has 3 fully saturated rings. The van der Waals surface area contributed by atoms with Crippen LogP contribution < -0.4 is 10.2 Å². The van der Waals surface area contributed by atoms with Gasteiger partial charge in [0, 0.05) is 29.4 Å². The number of carbonyl (C=O) groups excluding carboxylic acids is 3. The Hall–Kier alpha value is -3.59. The van der Waals surface area contributed by atoms with Crippen molar-refractivity contribution in [2.75, 3.05) is 16.8 Å². The fourth-order valence-electron chi connectivity index (χ4n) is 6.50. The first-order chi connectivity index (χ1) is 15.8. The molecule has 3 saturated heterocycles. The van der Waals surface area contributed by atoms with E-state index in [9.17, 15) is 24.5 Å². The minimum atomic E-state index is -1.22. The van der Waals surface area contributed by atoms with Crippen molar-refractivity contribution in [3.8, 4) is 0 Å². The van der Waals surface area contributed by atoms with Crippen molar-refractivity contribution in [3.63, 3.8) is 0 Å². The molecule has 0 bridgehead atoms. The highest BCUT2D eigenvalue weighted by atomic mass is 16.6. The minimum absolute atomic E-state index is 0.119. The number of nitrogens with zero attached hydrogens (tertiary/aromatic N) is 3. The first-order valence-electron chi connectivity index (χ1n) is 11.1. The van der Waals surface area contributed by atoms with Gasteiger partial charge in [-0.3, -0.25) is 29.4 Å². The van der Waals surface area contributed by atoms with Crippen LogP contribution in [0.25, 0.3) is 0 Å². The van der Waals surface area contributed by atoms with Crippen LogP contribution in [0.5, 0.6) is 0 Å². The third-order valence-electron chi connectivity index (χ3n) is 8.02. The number of amides is 3. The van der Waals surface area contributed by atoms with E-state index in [1.165, 1.54) is 24.3 Å². The Kier molecular flexibility index (Phi) is 3.93. The second-order valence-electron chi connectivity index (χ2n) is 9.34. The van der Waals surface area contributed by atoms with Gasteiger partial charge in [-0.05, 0) is 56.5 Å². The third-order valence-corrected chi connectivity index (χ3v) is 8.02. The number of anilines is 2. The Morgan fingerprint density at radius 1 is 1.06 bits per heavy atom. The molecular formula is C24H22N4O5. The second kappa shape index (κ2) is 6.48. The molecule has 1 N–H and O–H groups in total. The summed E-state index contributed by atoms with van der Waals surface area (Å²) in [5.74, 6) is -2.48. The normalized spacial score (nSPS) is 30.1. The number of benzene rings is 2. The lowest BCUT2D eigenvalue weighted by Crippen LogP contribution is -2.54. The van der Waals surface area contributed by atoms with Crippen LogP contribution in [0.3, 0.4) is 0 Å². The van der Waals surface area contributed by atoms with E-state index in [1.54, 1.807) is 0 Å². The van der Waals surface area contributed by atoms with Gasteiger partial charge in [0.25, 0.3) is 5.69 Å². The van der Waals surface area contributed by atoms with E-state index in [4.69, 9.17) is 0 Å². The van der Waals surface area contributed by atoms with Gasteiger partial charge in [0.05, 0.1) is 22.4 Å². The molecule has 33 heavy (non-hydrogen) atoms. The van der Waals surface area contributed by atoms with Gasteiger partial charge in [-0.25, -0.2) is 4.90 Å². The fourth-order valence-corrected chi connectivity index (χ4v) is 6.50. The third kappa shape index (κ3) is 2.27. The molecule has 1 spiro atoms. The van der Waals surface area contributed by atoms with Gasteiger partial charge < -0.3 is 5.32 Å². The van der Waals surface area contributed by atoms with Crippen LogP contribution in [0.1, 0.15) is 29.5 Å². The maximum Gasteiger partial charge on any atom is 0.269 e. The van der Waals surface area contributed by atoms with Crippen LogP contribution in [0.15, 0.2) is 36.4 Å². The van der Waals surface area contributed by atoms with Crippen molar-refractivity contribution >= 4 is 34.8 Å². The highest BCUT2D eigenvalue weighted by molar-refractivity contribution is 6.26. The molecule has 0 aliphatic carbocycles. The molecule has 0 saturated carbocycles. The highest BCUT2D eigenvalue weighted by Crippen LogP contribution is 2.61. The molecule has 4 heterocycles. The Balaban J connectivity index is 1.52. The lowest BCUT2D eigenvalue weighted by atomic mass is 9.75. The number of nitro benzene ring substituents is 1. The lowest BCUT2D eigenvalue weighted by Gasteiger charge is -2.36. The van der Waals surface area contributed by atoms with Crippen LogP contribution in [0, 0.1) is 35.8 Å². The first-order valence-corrected chi connectivity index (χ1v) is 11.1. The molecule has 4 aliphatic rings. The number of imide groups is 1. The SMILES string of the molecule is Cc1ccc2c(c1C)NC(=O)[C@@]21[C@H]2C(=O)N(c3ccc([N+](=O)[O-])cc3)C(=O)[C@@H]2[C@H]2CCCN21. The van der Waals surface area contributed by atoms with Crippen LogP contribution in [-0.4, -0.2) is 40.1 Å². The van der Waals surface area contributed by atoms with Gasteiger partial charge in [0.15, 0.2) is 0 Å². The summed E-state index contributed by atoms with van der Waals surface area (Å²) < 4.78 is 0. The van der Waals surface area contributed by atoms with E-state index in [1.807, 2.05) is 26.0 Å². The van der Waals surface area contributed by atoms with Crippen LogP contribution in [0.2, 0.25) is 0 Å². The number of non-ortho nitro benzene ring substituents is 1. The molecule has 3 amide bonds. The first kappa shape index (κ1) is 20.0. The molecule has 0 unspecified atom stereocenters. The zero-order valence-electron chi connectivity index (χ0n) is 18.2. The number of aryl methyl sites for hydroxylation is 1. The molecule has 9 nitrogen and oxygen atoms in total. The summed E-state index contributed by atoms with van der Waals surface area (Å²) in [5, 5.41) is 14.1. The summed E-state index contributed by atoms with van der Waals surface area (Å²) >= 11 is 0. The number of hydrogen-bond donors (Lipinski definition) is 1. The largest absolute Gasteiger partial charge is 0.324 e. The maximum absolute atomic E-state index is 13.9. The summed E-state index contributed by atoms with van der Waals surface area (Å²) in [6.45, 7) is 4.57. The van der Waals surface area contributed by atoms with E-state index in [0.29, 0.717) is 12.2 Å². The van der Waals surface area contributed by atoms with Crippen LogP contribution in [0.4, 0.5) is 17.1 Å². The number of fused-ring (bicyclic) bond motifs is 7. The Morgan fingerprint density at radius 2 is 1.79 bits per heavy atom. The molecule has 6 rings (SSSR count). The maximum atomic E-state index is 13.9. The van der Waals surface area contributed by atoms with Gasteiger partial charge in [-0.15, -0.1) is 0 Å².